The summed E-state index contributed by atoms with van der Waals surface area (Å²) in [7, 11) is 2.50. The Morgan fingerprint density at radius 2 is 0.900 bits per heavy atom. The van der Waals surface area contributed by atoms with Crippen molar-refractivity contribution < 1.29 is 33.3 Å². The molecule has 0 heterocycles. The van der Waals surface area contributed by atoms with E-state index in [2.05, 4.69) is 0 Å². The van der Waals surface area contributed by atoms with Crippen LogP contribution in [0.5, 0.6) is 11.5 Å². The van der Waals surface area contributed by atoms with Gasteiger partial charge in [0.2, 0.25) is 0 Å². The van der Waals surface area contributed by atoms with E-state index in [9.17, 15) is 14.4 Å². The summed E-state index contributed by atoms with van der Waals surface area (Å²) in [6.07, 6.45) is 0.308. The Balaban J connectivity index is 1.83. The Kier molecular flexibility index (Phi) is 8.96. The summed E-state index contributed by atoms with van der Waals surface area (Å²) in [5.74, 6) is -1.37. The highest BCUT2D eigenvalue weighted by Gasteiger charge is 2.26. The second-order valence-corrected chi connectivity index (χ2v) is 8.82. The second-order valence-electron chi connectivity index (χ2n) is 8.82. The minimum absolute atomic E-state index is 0.00805. The van der Waals surface area contributed by atoms with Crippen LogP contribution in [0, 0.1) is 0 Å². The summed E-state index contributed by atoms with van der Waals surface area (Å²) in [6.45, 7) is 4.02. The van der Waals surface area contributed by atoms with Crippen LogP contribution in [0.2, 0.25) is 0 Å². The molecule has 40 heavy (non-hydrogen) atoms. The Bertz CT molecular complexity index is 1440. The molecule has 204 valence electrons. The third kappa shape index (κ3) is 5.73. The van der Waals surface area contributed by atoms with E-state index in [0.717, 1.165) is 35.1 Å². The molecular weight excluding hydrogens is 508 g/mol. The third-order valence-electron chi connectivity index (χ3n) is 6.59. The molecule has 0 spiro atoms. The number of hydrogen-bond donors (Lipinski definition) is 0. The number of hydrogen-bond acceptors (Lipinski definition) is 7. The van der Waals surface area contributed by atoms with Crippen LogP contribution < -0.4 is 9.47 Å². The Morgan fingerprint density at radius 3 is 1.27 bits per heavy atom. The summed E-state index contributed by atoms with van der Waals surface area (Å²) in [5, 5.41) is 0. The van der Waals surface area contributed by atoms with Crippen LogP contribution >= 0.6 is 0 Å². The lowest BCUT2D eigenvalue weighted by atomic mass is 9.95. The van der Waals surface area contributed by atoms with E-state index in [1.807, 2.05) is 62.4 Å². The molecule has 4 aromatic rings. The van der Waals surface area contributed by atoms with E-state index in [0.29, 0.717) is 11.1 Å². The third-order valence-corrected chi connectivity index (χ3v) is 6.59. The van der Waals surface area contributed by atoms with E-state index in [1.165, 1.54) is 26.4 Å². The van der Waals surface area contributed by atoms with Gasteiger partial charge in [-0.25, -0.2) is 14.4 Å². The summed E-state index contributed by atoms with van der Waals surface area (Å²) >= 11 is 0. The largest absolute Gasteiger partial charge is 0.519 e. The molecule has 0 unspecified atom stereocenters. The van der Waals surface area contributed by atoms with Crippen LogP contribution in [-0.4, -0.2) is 32.3 Å². The van der Waals surface area contributed by atoms with Gasteiger partial charge < -0.3 is 18.9 Å². The van der Waals surface area contributed by atoms with Crippen molar-refractivity contribution in [2.24, 2.45) is 0 Å². The lowest BCUT2D eigenvalue weighted by Crippen LogP contribution is -2.19. The van der Waals surface area contributed by atoms with Gasteiger partial charge in [0.25, 0.3) is 0 Å². The molecule has 4 aromatic carbocycles. The van der Waals surface area contributed by atoms with Crippen LogP contribution in [-0.2, 0) is 22.3 Å². The van der Waals surface area contributed by atoms with E-state index < -0.39 is 18.1 Å². The minimum atomic E-state index is -1.13. The molecule has 0 aliphatic carbocycles. The average molecular weight is 539 g/mol. The molecule has 0 fully saturated rings. The number of para-hydroxylation sites is 2. The maximum absolute atomic E-state index is 13.4. The lowest BCUT2D eigenvalue weighted by molar-refractivity contribution is 0.0590. The highest BCUT2D eigenvalue weighted by Crippen LogP contribution is 2.39. The number of carbonyl (C=O) groups is 3. The van der Waals surface area contributed by atoms with Gasteiger partial charge in [0.15, 0.2) is 11.5 Å². The van der Waals surface area contributed by atoms with Crippen molar-refractivity contribution in [1.82, 2.24) is 0 Å². The molecule has 7 nitrogen and oxygen atoms in total. The lowest BCUT2D eigenvalue weighted by Gasteiger charge is -2.18. The van der Waals surface area contributed by atoms with Gasteiger partial charge in [-0.15, -0.1) is 0 Å². The van der Waals surface area contributed by atoms with Gasteiger partial charge in [-0.3, -0.25) is 0 Å². The zero-order valence-electron chi connectivity index (χ0n) is 22.9. The van der Waals surface area contributed by atoms with Crippen LogP contribution in [0.3, 0.4) is 0 Å². The predicted molar refractivity (Wildman–Crippen MR) is 152 cm³/mol. The first-order valence-corrected chi connectivity index (χ1v) is 12.9. The van der Waals surface area contributed by atoms with Crippen molar-refractivity contribution in [2.75, 3.05) is 14.2 Å². The Morgan fingerprint density at radius 1 is 0.525 bits per heavy atom. The van der Waals surface area contributed by atoms with Crippen LogP contribution in [0.1, 0.15) is 45.7 Å². The molecule has 0 N–H and O–H groups in total. The van der Waals surface area contributed by atoms with Crippen molar-refractivity contribution in [3.05, 3.63) is 107 Å². The first-order valence-electron chi connectivity index (χ1n) is 12.9. The topological polar surface area (TPSA) is 88.1 Å². The van der Waals surface area contributed by atoms with Gasteiger partial charge in [-0.05, 0) is 47.2 Å². The number of ether oxygens (including phenoxy) is 4. The van der Waals surface area contributed by atoms with E-state index >= 15 is 0 Å². The summed E-state index contributed by atoms with van der Waals surface area (Å²) in [5.41, 5.74) is 4.75. The number of carbonyl (C=O) groups excluding carboxylic acids is 3. The van der Waals surface area contributed by atoms with Crippen molar-refractivity contribution in [3.63, 3.8) is 0 Å². The predicted octanol–water partition coefficient (Wildman–Crippen LogP) is 7.30. The van der Waals surface area contributed by atoms with Crippen molar-refractivity contribution in [1.29, 1.82) is 0 Å². The molecule has 7 heteroatoms. The average Bonchev–Trinajstić information content (AvgIpc) is 3.00. The molecular formula is C33H30O7. The minimum Gasteiger partial charge on any atom is -0.465 e. The molecule has 4 rings (SSSR count). The van der Waals surface area contributed by atoms with Crippen molar-refractivity contribution in [2.45, 2.75) is 26.7 Å². The fourth-order valence-corrected chi connectivity index (χ4v) is 4.63. The SMILES string of the molecule is CCc1ccccc1-c1cccc(C(=O)OC)c1OC(=O)Oc1c(C(=O)OC)cccc1-c1ccccc1CC. The summed E-state index contributed by atoms with van der Waals surface area (Å²) in [4.78, 5) is 38.8. The van der Waals surface area contributed by atoms with Gasteiger partial charge >= 0.3 is 18.1 Å². The van der Waals surface area contributed by atoms with Crippen LogP contribution in [0.15, 0.2) is 84.9 Å². The Hall–Kier alpha value is -4.91. The van der Waals surface area contributed by atoms with Crippen LogP contribution in [0.4, 0.5) is 4.79 Å². The summed E-state index contributed by atoms with van der Waals surface area (Å²) in [6, 6.07) is 25.2. The molecule has 0 aromatic heterocycles. The van der Waals surface area contributed by atoms with Gasteiger partial charge in [-0.2, -0.15) is 0 Å². The number of rotatable bonds is 8. The van der Waals surface area contributed by atoms with E-state index in [-0.39, 0.29) is 22.6 Å². The highest BCUT2D eigenvalue weighted by atomic mass is 16.7. The molecule has 0 bridgehead atoms. The maximum atomic E-state index is 13.4. The number of esters is 2. The number of benzene rings is 4. The Labute approximate surface area is 233 Å². The van der Waals surface area contributed by atoms with Crippen LogP contribution in [0.25, 0.3) is 22.3 Å². The van der Waals surface area contributed by atoms with Gasteiger partial charge in [-0.1, -0.05) is 86.6 Å². The smallest absolute Gasteiger partial charge is 0.465 e. The normalized spacial score (nSPS) is 10.5. The fourth-order valence-electron chi connectivity index (χ4n) is 4.63. The zero-order chi connectivity index (χ0) is 28.6. The molecule has 0 aliphatic rings. The molecule has 0 atom stereocenters. The first kappa shape index (κ1) is 28.1. The number of methoxy groups -OCH3 is 2. The van der Waals surface area contributed by atoms with Gasteiger partial charge in [0.05, 0.1) is 14.2 Å². The van der Waals surface area contributed by atoms with Crippen molar-refractivity contribution in [3.8, 4) is 33.8 Å². The number of aryl methyl sites for hydroxylation is 2. The fraction of sp³-hybridized carbons (Fsp3) is 0.182. The molecule has 0 amide bonds. The summed E-state index contributed by atoms with van der Waals surface area (Å²) < 4.78 is 21.4. The molecule has 0 radical (unpaired) electrons. The second kappa shape index (κ2) is 12.8. The molecule has 0 saturated carbocycles. The first-order chi connectivity index (χ1) is 19.4. The zero-order valence-corrected chi connectivity index (χ0v) is 22.9. The standard InChI is InChI=1S/C33H30O7/c1-5-21-13-7-9-15-23(21)25-17-11-19-27(31(34)37-3)29(25)39-33(36)40-30-26(18-12-20-28(30)32(35)38-4)24-16-10-8-14-22(24)6-2/h7-20H,5-6H2,1-4H3. The van der Waals surface area contributed by atoms with E-state index in [1.54, 1.807) is 24.3 Å². The maximum Gasteiger partial charge on any atom is 0.519 e. The van der Waals surface area contributed by atoms with Crippen molar-refractivity contribution >= 4 is 18.1 Å². The molecule has 0 aliphatic heterocycles. The monoisotopic (exact) mass is 538 g/mol. The quantitative estimate of drug-likeness (QED) is 0.172. The van der Waals surface area contributed by atoms with Gasteiger partial charge in [0, 0.05) is 11.1 Å². The van der Waals surface area contributed by atoms with E-state index in [4.69, 9.17) is 18.9 Å². The molecule has 0 saturated heterocycles. The van der Waals surface area contributed by atoms with Gasteiger partial charge in [0.1, 0.15) is 11.1 Å². The highest BCUT2D eigenvalue weighted by molar-refractivity contribution is 5.98.